The maximum Gasteiger partial charge on any atom is 0.223 e. The van der Waals surface area contributed by atoms with Crippen LogP contribution in [0.4, 0.5) is 11.4 Å². The van der Waals surface area contributed by atoms with Crippen LogP contribution in [0.1, 0.15) is 31.0 Å². The number of nitrogens with one attached hydrogen (secondary N) is 1. The van der Waals surface area contributed by atoms with E-state index < -0.39 is 0 Å². The lowest BCUT2D eigenvalue weighted by atomic mass is 10.1. The van der Waals surface area contributed by atoms with Crippen molar-refractivity contribution < 1.29 is 4.79 Å². The number of thiophene rings is 1. The van der Waals surface area contributed by atoms with Gasteiger partial charge in [0.15, 0.2) is 0 Å². The molecule has 21 heavy (non-hydrogen) atoms. The molecule has 1 aromatic heterocycles. The maximum atomic E-state index is 11.6. The van der Waals surface area contributed by atoms with Crippen LogP contribution >= 0.6 is 22.9 Å². The van der Waals surface area contributed by atoms with E-state index >= 15 is 0 Å². The third kappa shape index (κ3) is 2.92. The van der Waals surface area contributed by atoms with Crippen LogP contribution in [0.3, 0.4) is 0 Å². The Morgan fingerprint density at radius 2 is 2.24 bits per heavy atom. The molecular formula is C16H17ClN2OS. The Morgan fingerprint density at radius 3 is 2.90 bits per heavy atom. The fourth-order valence-electron chi connectivity index (χ4n) is 2.70. The van der Waals surface area contributed by atoms with Crippen LogP contribution < -0.4 is 10.2 Å². The van der Waals surface area contributed by atoms with Crippen molar-refractivity contribution in [3.05, 3.63) is 45.1 Å². The first-order chi connectivity index (χ1) is 10.0. The highest BCUT2D eigenvalue weighted by atomic mass is 35.5. The number of rotatable bonds is 3. The Bertz CT molecular complexity index is 683. The second kappa shape index (κ2) is 5.70. The van der Waals surface area contributed by atoms with Gasteiger partial charge in [-0.2, -0.15) is 0 Å². The minimum absolute atomic E-state index is 0.107. The fourth-order valence-corrected chi connectivity index (χ4v) is 3.69. The van der Waals surface area contributed by atoms with Crippen molar-refractivity contribution in [3.63, 3.8) is 0 Å². The zero-order valence-electron chi connectivity index (χ0n) is 12.0. The molecule has 110 valence electrons. The van der Waals surface area contributed by atoms with Crippen LogP contribution in [0.2, 0.25) is 4.34 Å². The molecule has 0 saturated carbocycles. The first-order valence-corrected chi connectivity index (χ1v) is 8.22. The van der Waals surface area contributed by atoms with Crippen molar-refractivity contribution in [1.29, 1.82) is 0 Å². The molecule has 0 fully saturated rings. The average Bonchev–Trinajstić information content (AvgIpc) is 3.04. The highest BCUT2D eigenvalue weighted by Crippen LogP contribution is 2.32. The fraction of sp³-hybridized carbons (Fsp3) is 0.312. The van der Waals surface area contributed by atoms with E-state index in [2.05, 4.69) is 23.7 Å². The van der Waals surface area contributed by atoms with Gasteiger partial charge < -0.3 is 10.2 Å². The molecular weight excluding hydrogens is 304 g/mol. The number of carbonyl (C=O) groups excluding carboxylic acids is 1. The summed E-state index contributed by atoms with van der Waals surface area (Å²) >= 11 is 7.53. The van der Waals surface area contributed by atoms with E-state index in [0.29, 0.717) is 0 Å². The Morgan fingerprint density at radius 1 is 1.43 bits per heavy atom. The van der Waals surface area contributed by atoms with Gasteiger partial charge in [0.2, 0.25) is 5.91 Å². The minimum Gasteiger partial charge on any atom is -0.378 e. The number of hydrogen-bond acceptors (Lipinski definition) is 3. The van der Waals surface area contributed by atoms with Crippen LogP contribution in [0, 0.1) is 0 Å². The molecule has 0 spiro atoms. The maximum absolute atomic E-state index is 11.6. The summed E-state index contributed by atoms with van der Waals surface area (Å²) in [7, 11) is 0. The van der Waals surface area contributed by atoms with Crippen molar-refractivity contribution in [2.24, 2.45) is 0 Å². The topological polar surface area (TPSA) is 32.3 Å². The summed E-state index contributed by atoms with van der Waals surface area (Å²) < 4.78 is 0.810. The Balaban J connectivity index is 1.77. The third-order valence-electron chi connectivity index (χ3n) is 3.83. The number of benzene rings is 1. The molecule has 1 unspecified atom stereocenters. The molecule has 3 rings (SSSR count). The van der Waals surface area contributed by atoms with Gasteiger partial charge in [0.1, 0.15) is 0 Å². The van der Waals surface area contributed by atoms with Crippen molar-refractivity contribution in [2.75, 3.05) is 16.8 Å². The van der Waals surface area contributed by atoms with Gasteiger partial charge >= 0.3 is 0 Å². The predicted octanol–water partition coefficient (Wildman–Crippen LogP) is 4.48. The largest absolute Gasteiger partial charge is 0.378 e. The number of nitrogens with zero attached hydrogens (tertiary/aromatic N) is 1. The third-order valence-corrected chi connectivity index (χ3v) is 4.94. The van der Waals surface area contributed by atoms with E-state index in [0.717, 1.165) is 28.7 Å². The summed E-state index contributed by atoms with van der Waals surface area (Å²) in [6, 6.07) is 8.40. The van der Waals surface area contributed by atoms with Gasteiger partial charge in [-0.3, -0.25) is 4.79 Å². The Hall–Kier alpha value is -1.52. The highest BCUT2D eigenvalue weighted by Gasteiger charge is 2.22. The monoisotopic (exact) mass is 320 g/mol. The van der Waals surface area contributed by atoms with Crippen LogP contribution in [-0.4, -0.2) is 12.5 Å². The van der Waals surface area contributed by atoms with E-state index in [1.165, 1.54) is 11.1 Å². The van der Waals surface area contributed by atoms with Gasteiger partial charge in [-0.25, -0.2) is 0 Å². The van der Waals surface area contributed by atoms with E-state index in [9.17, 15) is 4.79 Å². The number of fused-ring (bicyclic) bond motifs is 1. The average molecular weight is 321 g/mol. The number of carbonyl (C=O) groups is 1. The highest BCUT2D eigenvalue weighted by molar-refractivity contribution is 7.14. The molecule has 0 radical (unpaired) electrons. The molecule has 2 heterocycles. The van der Waals surface area contributed by atoms with Gasteiger partial charge in [-0.05, 0) is 54.1 Å². The van der Waals surface area contributed by atoms with Crippen molar-refractivity contribution in [2.45, 2.75) is 26.3 Å². The number of halogens is 1. The lowest BCUT2D eigenvalue weighted by Crippen LogP contribution is -2.25. The van der Waals surface area contributed by atoms with E-state index in [1.54, 1.807) is 18.3 Å². The summed E-state index contributed by atoms with van der Waals surface area (Å²) in [4.78, 5) is 13.4. The second-order valence-corrected chi connectivity index (χ2v) is 6.86. The molecule has 3 nitrogen and oxygen atoms in total. The molecule has 0 aliphatic carbocycles. The van der Waals surface area contributed by atoms with Gasteiger partial charge in [-0.1, -0.05) is 11.6 Å². The van der Waals surface area contributed by atoms with Crippen molar-refractivity contribution in [3.8, 4) is 0 Å². The lowest BCUT2D eigenvalue weighted by molar-refractivity contribution is -0.116. The normalized spacial score (nSPS) is 14.9. The summed E-state index contributed by atoms with van der Waals surface area (Å²) in [5.41, 5.74) is 4.54. The molecule has 1 aromatic carbocycles. The van der Waals surface area contributed by atoms with Gasteiger partial charge in [-0.15, -0.1) is 11.3 Å². The van der Waals surface area contributed by atoms with E-state index in [4.69, 9.17) is 11.6 Å². The molecule has 0 saturated heterocycles. The van der Waals surface area contributed by atoms with Crippen molar-refractivity contribution in [1.82, 2.24) is 0 Å². The van der Waals surface area contributed by atoms with Crippen molar-refractivity contribution >= 4 is 40.2 Å². The Labute approximate surface area is 133 Å². The van der Waals surface area contributed by atoms with Crippen LogP contribution in [-0.2, 0) is 11.2 Å². The number of anilines is 2. The lowest BCUT2D eigenvalue weighted by Gasteiger charge is -2.17. The molecule has 2 aromatic rings. The molecule has 0 bridgehead atoms. The summed E-state index contributed by atoms with van der Waals surface area (Å²) in [6.45, 7) is 4.51. The zero-order chi connectivity index (χ0) is 15.0. The molecule has 1 aliphatic rings. The summed E-state index contributed by atoms with van der Waals surface area (Å²) in [5, 5.41) is 5.56. The molecule has 1 atom stereocenters. The number of amides is 1. The predicted molar refractivity (Wildman–Crippen MR) is 89.5 cm³/mol. The standard InChI is InChI=1S/C16H17ClN2OS/c1-10(13-8-16(17)21-9-13)18-14-3-4-15-12(7-14)5-6-19(15)11(2)20/h3-4,7-10,18H,5-6H2,1-2H3. The van der Waals surface area contributed by atoms with Crippen LogP contribution in [0.25, 0.3) is 0 Å². The van der Waals surface area contributed by atoms with E-state index in [1.807, 2.05) is 23.1 Å². The smallest absolute Gasteiger partial charge is 0.223 e. The van der Waals surface area contributed by atoms with Crippen LogP contribution in [0.5, 0.6) is 0 Å². The summed E-state index contributed by atoms with van der Waals surface area (Å²) in [6.07, 6.45) is 0.920. The molecule has 1 amide bonds. The van der Waals surface area contributed by atoms with Gasteiger partial charge in [0, 0.05) is 30.9 Å². The van der Waals surface area contributed by atoms with E-state index in [-0.39, 0.29) is 11.9 Å². The number of hydrogen-bond donors (Lipinski definition) is 1. The first kappa shape index (κ1) is 14.4. The van der Waals surface area contributed by atoms with Gasteiger partial charge in [0.05, 0.1) is 4.34 Å². The summed E-state index contributed by atoms with van der Waals surface area (Å²) in [5.74, 6) is 0.107. The Kier molecular flexibility index (Phi) is 3.91. The zero-order valence-corrected chi connectivity index (χ0v) is 13.6. The SMILES string of the molecule is CC(=O)N1CCc2cc(NC(C)c3csc(Cl)c3)ccc21. The van der Waals surface area contributed by atoms with Crippen LogP contribution in [0.15, 0.2) is 29.6 Å². The second-order valence-electron chi connectivity index (χ2n) is 5.31. The first-order valence-electron chi connectivity index (χ1n) is 6.96. The van der Waals surface area contributed by atoms with Gasteiger partial charge in [0.25, 0.3) is 0 Å². The quantitative estimate of drug-likeness (QED) is 0.904. The molecule has 1 N–H and O–H groups in total. The minimum atomic E-state index is 0.107. The molecule has 5 heteroatoms. The molecule has 1 aliphatic heterocycles.